The number of rotatable bonds is 8. The number of nitro groups is 1. The summed E-state index contributed by atoms with van der Waals surface area (Å²) < 4.78 is 5.53. The number of carbonyl (C=O) groups is 2. The summed E-state index contributed by atoms with van der Waals surface area (Å²) in [5, 5.41) is 24.6. The van der Waals surface area contributed by atoms with Crippen LogP contribution in [0.2, 0.25) is 0 Å². The topological polar surface area (TPSA) is 131 Å². The van der Waals surface area contributed by atoms with Crippen LogP contribution in [0.4, 0.5) is 11.4 Å². The van der Waals surface area contributed by atoms with Crippen LogP contribution in [-0.2, 0) is 14.3 Å². The van der Waals surface area contributed by atoms with Gasteiger partial charge in [-0.1, -0.05) is 42.0 Å². The molecule has 28 heavy (non-hydrogen) atoms. The average Bonchev–Trinajstić information content (AvgIpc) is 2.69. The van der Waals surface area contributed by atoms with Gasteiger partial charge in [0.15, 0.2) is 0 Å². The molecular formula is C19H21N3O6. The Morgan fingerprint density at radius 3 is 2.46 bits per heavy atom. The summed E-state index contributed by atoms with van der Waals surface area (Å²) in [6, 6.07) is 13.0. The monoisotopic (exact) mass is 387 g/mol. The number of aliphatic hydroxyl groups excluding tert-OH is 1. The van der Waals surface area contributed by atoms with E-state index in [0.717, 1.165) is 11.1 Å². The van der Waals surface area contributed by atoms with E-state index in [0.29, 0.717) is 0 Å². The first kappa shape index (κ1) is 21.0. The molecule has 0 saturated carbocycles. The van der Waals surface area contributed by atoms with E-state index in [1.165, 1.54) is 24.3 Å². The fraction of sp³-hybridized carbons (Fsp3) is 0.263. The first-order valence-electron chi connectivity index (χ1n) is 8.54. The summed E-state index contributed by atoms with van der Waals surface area (Å²) in [6.45, 7) is 1.81. The van der Waals surface area contributed by atoms with E-state index < -0.39 is 22.8 Å². The van der Waals surface area contributed by atoms with Gasteiger partial charge in [0.2, 0.25) is 0 Å². The van der Waals surface area contributed by atoms with E-state index in [1.54, 1.807) is 0 Å². The van der Waals surface area contributed by atoms with E-state index in [2.05, 4.69) is 10.6 Å². The molecule has 1 atom stereocenters. The van der Waals surface area contributed by atoms with Crippen LogP contribution in [0, 0.1) is 17.0 Å². The lowest BCUT2D eigenvalue weighted by Gasteiger charge is -2.18. The van der Waals surface area contributed by atoms with Crippen molar-refractivity contribution in [1.29, 1.82) is 0 Å². The normalized spacial score (nSPS) is 11.5. The summed E-state index contributed by atoms with van der Waals surface area (Å²) in [7, 11) is 0. The number of benzene rings is 2. The van der Waals surface area contributed by atoms with Gasteiger partial charge in [0.25, 0.3) is 5.69 Å². The molecule has 0 bridgehead atoms. The number of aliphatic hydroxyl groups is 1. The Morgan fingerprint density at radius 1 is 1.14 bits per heavy atom. The number of nitrogens with one attached hydrogen (secondary N) is 2. The zero-order valence-electron chi connectivity index (χ0n) is 15.3. The molecule has 0 fully saturated rings. The van der Waals surface area contributed by atoms with Crippen molar-refractivity contribution in [3.63, 3.8) is 0 Å². The highest BCUT2D eigenvalue weighted by Gasteiger charge is 2.21. The highest BCUT2D eigenvalue weighted by atomic mass is 16.6. The van der Waals surface area contributed by atoms with Crippen LogP contribution in [0.15, 0.2) is 48.5 Å². The standard InChI is InChI=1S/C19H21N3O6/c1-13-6-8-14(9-7-13)17(28-11-10-23)12-20-18(24)19(25)21-15-4-2-3-5-16(15)22(26)27/h2-9,17,23H,10-12H2,1H3,(H,20,24)(H,21,25). The molecule has 2 amide bonds. The Hall–Kier alpha value is -3.30. The number of para-hydroxylation sites is 2. The van der Waals surface area contributed by atoms with Crippen molar-refractivity contribution in [3.8, 4) is 0 Å². The van der Waals surface area contributed by atoms with Gasteiger partial charge in [-0.3, -0.25) is 19.7 Å². The maximum Gasteiger partial charge on any atom is 0.313 e. The molecule has 3 N–H and O–H groups in total. The minimum absolute atomic E-state index is 0.00774. The predicted octanol–water partition coefficient (Wildman–Crippen LogP) is 1.71. The smallest absolute Gasteiger partial charge is 0.313 e. The second-order valence-corrected chi connectivity index (χ2v) is 5.93. The number of nitro benzene ring substituents is 1. The van der Waals surface area contributed by atoms with Crippen molar-refractivity contribution < 1.29 is 24.4 Å². The lowest BCUT2D eigenvalue weighted by Crippen LogP contribution is -2.38. The number of hydrogen-bond acceptors (Lipinski definition) is 6. The van der Waals surface area contributed by atoms with E-state index in [-0.39, 0.29) is 31.1 Å². The van der Waals surface area contributed by atoms with Crippen molar-refractivity contribution in [2.75, 3.05) is 25.1 Å². The summed E-state index contributed by atoms with van der Waals surface area (Å²) in [4.78, 5) is 34.5. The van der Waals surface area contributed by atoms with Crippen LogP contribution >= 0.6 is 0 Å². The fourth-order valence-corrected chi connectivity index (χ4v) is 2.43. The quantitative estimate of drug-likeness (QED) is 0.359. The summed E-state index contributed by atoms with van der Waals surface area (Å²) >= 11 is 0. The Bertz CT molecular complexity index is 838. The molecule has 0 aliphatic rings. The largest absolute Gasteiger partial charge is 0.394 e. The minimum Gasteiger partial charge on any atom is -0.394 e. The predicted molar refractivity (Wildman–Crippen MR) is 102 cm³/mol. The van der Waals surface area contributed by atoms with Crippen LogP contribution in [0.1, 0.15) is 17.2 Å². The molecule has 0 saturated heterocycles. The Labute approximate surface area is 161 Å². The molecule has 148 valence electrons. The lowest BCUT2D eigenvalue weighted by molar-refractivity contribution is -0.383. The molecule has 2 aromatic rings. The van der Waals surface area contributed by atoms with Crippen LogP contribution in [0.25, 0.3) is 0 Å². The first-order valence-corrected chi connectivity index (χ1v) is 8.54. The van der Waals surface area contributed by atoms with Crippen molar-refractivity contribution in [3.05, 3.63) is 69.8 Å². The molecule has 0 heterocycles. The lowest BCUT2D eigenvalue weighted by atomic mass is 10.1. The zero-order chi connectivity index (χ0) is 20.5. The van der Waals surface area contributed by atoms with Gasteiger partial charge in [0.05, 0.1) is 24.2 Å². The van der Waals surface area contributed by atoms with Gasteiger partial charge < -0.3 is 20.5 Å². The highest BCUT2D eigenvalue weighted by Crippen LogP contribution is 2.23. The van der Waals surface area contributed by atoms with E-state index in [9.17, 15) is 19.7 Å². The molecular weight excluding hydrogens is 366 g/mol. The SMILES string of the molecule is Cc1ccc(C(CNC(=O)C(=O)Nc2ccccc2[N+](=O)[O-])OCCO)cc1. The molecule has 0 aliphatic heterocycles. The van der Waals surface area contributed by atoms with Gasteiger partial charge in [0.1, 0.15) is 5.69 Å². The van der Waals surface area contributed by atoms with Crippen LogP contribution in [0.3, 0.4) is 0 Å². The molecule has 9 heteroatoms. The van der Waals surface area contributed by atoms with Gasteiger partial charge in [-0.25, -0.2) is 0 Å². The summed E-state index contributed by atoms with van der Waals surface area (Å²) in [6.07, 6.45) is -0.560. The van der Waals surface area contributed by atoms with Crippen LogP contribution in [-0.4, -0.2) is 41.6 Å². The minimum atomic E-state index is -1.03. The second-order valence-electron chi connectivity index (χ2n) is 5.93. The fourth-order valence-electron chi connectivity index (χ4n) is 2.43. The number of anilines is 1. The third-order valence-electron chi connectivity index (χ3n) is 3.86. The average molecular weight is 387 g/mol. The van der Waals surface area contributed by atoms with Gasteiger partial charge in [-0.05, 0) is 18.6 Å². The first-order chi connectivity index (χ1) is 13.4. The van der Waals surface area contributed by atoms with Gasteiger partial charge in [0, 0.05) is 12.6 Å². The molecule has 0 aromatic heterocycles. The maximum absolute atomic E-state index is 12.1. The summed E-state index contributed by atoms with van der Waals surface area (Å²) in [5.41, 5.74) is 1.45. The van der Waals surface area contributed by atoms with Crippen molar-refractivity contribution >= 4 is 23.2 Å². The Balaban J connectivity index is 2.00. The Morgan fingerprint density at radius 2 is 1.82 bits per heavy atom. The van der Waals surface area contributed by atoms with E-state index >= 15 is 0 Å². The van der Waals surface area contributed by atoms with Crippen molar-refractivity contribution in [2.24, 2.45) is 0 Å². The highest BCUT2D eigenvalue weighted by molar-refractivity contribution is 6.39. The molecule has 0 radical (unpaired) electrons. The van der Waals surface area contributed by atoms with Gasteiger partial charge in [-0.2, -0.15) is 0 Å². The molecule has 0 aliphatic carbocycles. The molecule has 2 rings (SSSR count). The number of carbonyl (C=O) groups excluding carboxylic acids is 2. The van der Waals surface area contributed by atoms with E-state index in [4.69, 9.17) is 9.84 Å². The third kappa shape index (κ3) is 5.86. The van der Waals surface area contributed by atoms with E-state index in [1.807, 2.05) is 31.2 Å². The maximum atomic E-state index is 12.1. The van der Waals surface area contributed by atoms with Crippen LogP contribution in [0.5, 0.6) is 0 Å². The van der Waals surface area contributed by atoms with Gasteiger partial charge in [-0.15, -0.1) is 0 Å². The van der Waals surface area contributed by atoms with Crippen molar-refractivity contribution in [1.82, 2.24) is 5.32 Å². The number of ether oxygens (including phenoxy) is 1. The van der Waals surface area contributed by atoms with Crippen molar-refractivity contribution in [2.45, 2.75) is 13.0 Å². The third-order valence-corrected chi connectivity index (χ3v) is 3.86. The number of amides is 2. The summed E-state index contributed by atoms with van der Waals surface area (Å²) in [5.74, 6) is -1.98. The molecule has 1 unspecified atom stereocenters. The number of nitrogens with zero attached hydrogens (tertiary/aromatic N) is 1. The van der Waals surface area contributed by atoms with Gasteiger partial charge >= 0.3 is 11.8 Å². The number of aryl methyl sites for hydroxylation is 1. The molecule has 0 spiro atoms. The zero-order valence-corrected chi connectivity index (χ0v) is 15.3. The molecule has 9 nitrogen and oxygen atoms in total. The molecule has 2 aromatic carbocycles. The van der Waals surface area contributed by atoms with Crippen LogP contribution < -0.4 is 10.6 Å². The second kappa shape index (κ2) is 10.1. The number of hydrogen-bond donors (Lipinski definition) is 3. The Kier molecular flexibility index (Phi) is 7.61.